The summed E-state index contributed by atoms with van der Waals surface area (Å²) in [6.07, 6.45) is 2.46. The zero-order valence-corrected chi connectivity index (χ0v) is 8.66. The Labute approximate surface area is 80.4 Å². The minimum atomic E-state index is -0.550. The van der Waals surface area contributed by atoms with Crippen LogP contribution in [-0.2, 0) is 0 Å². The normalized spacial score (nSPS) is 33.2. The summed E-state index contributed by atoms with van der Waals surface area (Å²) in [5, 5.41) is 19.3. The Hall–Kier alpha value is -0.120. The first kappa shape index (κ1) is 11.0. The van der Waals surface area contributed by atoms with Crippen molar-refractivity contribution in [1.29, 1.82) is 0 Å². The van der Waals surface area contributed by atoms with Crippen molar-refractivity contribution >= 4 is 0 Å². The molecule has 0 radical (unpaired) electrons. The van der Waals surface area contributed by atoms with Crippen molar-refractivity contribution in [2.75, 3.05) is 19.6 Å². The van der Waals surface area contributed by atoms with Crippen LogP contribution in [0.25, 0.3) is 0 Å². The summed E-state index contributed by atoms with van der Waals surface area (Å²) in [5.41, 5.74) is -0.550. The van der Waals surface area contributed by atoms with Crippen molar-refractivity contribution in [1.82, 2.24) is 4.90 Å². The summed E-state index contributed by atoms with van der Waals surface area (Å²) in [5.74, 6) is 0. The molecule has 78 valence electrons. The Bertz CT molecular complexity index is 159. The number of rotatable bonds is 3. The number of hydrogen-bond acceptors (Lipinski definition) is 3. The maximum atomic E-state index is 9.81. The van der Waals surface area contributed by atoms with Crippen molar-refractivity contribution < 1.29 is 10.2 Å². The first-order valence-electron chi connectivity index (χ1n) is 5.16. The zero-order chi connectivity index (χ0) is 9.90. The second kappa shape index (κ2) is 4.40. The lowest BCUT2D eigenvalue weighted by molar-refractivity contribution is -0.0280. The minimum absolute atomic E-state index is 0.242. The molecule has 1 heterocycles. The van der Waals surface area contributed by atoms with Gasteiger partial charge in [0.25, 0.3) is 0 Å². The van der Waals surface area contributed by atoms with Gasteiger partial charge in [0.2, 0.25) is 0 Å². The van der Waals surface area contributed by atoms with E-state index in [1.165, 1.54) is 0 Å². The van der Waals surface area contributed by atoms with Gasteiger partial charge in [0.05, 0.1) is 11.7 Å². The Morgan fingerprint density at radius 2 is 2.23 bits per heavy atom. The summed E-state index contributed by atoms with van der Waals surface area (Å²) in [6, 6.07) is 0. The van der Waals surface area contributed by atoms with Gasteiger partial charge in [0.15, 0.2) is 0 Å². The van der Waals surface area contributed by atoms with Crippen LogP contribution in [0.1, 0.15) is 33.1 Å². The molecule has 1 rings (SSSR count). The van der Waals surface area contributed by atoms with Crippen molar-refractivity contribution in [3.63, 3.8) is 0 Å². The summed E-state index contributed by atoms with van der Waals surface area (Å²) in [4.78, 5) is 2.15. The first-order chi connectivity index (χ1) is 6.03. The fourth-order valence-electron chi connectivity index (χ4n) is 1.91. The average Bonchev–Trinajstić information content (AvgIpc) is 2.02. The van der Waals surface area contributed by atoms with Crippen LogP contribution in [0.15, 0.2) is 0 Å². The second-order valence-electron chi connectivity index (χ2n) is 4.40. The van der Waals surface area contributed by atoms with Crippen molar-refractivity contribution in [3.8, 4) is 0 Å². The summed E-state index contributed by atoms with van der Waals surface area (Å²) in [7, 11) is 0. The molecule has 1 unspecified atom stereocenters. The van der Waals surface area contributed by atoms with E-state index in [-0.39, 0.29) is 6.10 Å². The quantitative estimate of drug-likeness (QED) is 0.680. The average molecular weight is 187 g/mol. The lowest BCUT2D eigenvalue weighted by Gasteiger charge is -2.37. The van der Waals surface area contributed by atoms with Crippen LogP contribution < -0.4 is 0 Å². The van der Waals surface area contributed by atoms with E-state index in [2.05, 4.69) is 4.90 Å². The molecule has 1 saturated heterocycles. The molecule has 0 aromatic heterocycles. The number of aliphatic hydroxyl groups excluding tert-OH is 1. The number of aliphatic hydroxyl groups is 2. The van der Waals surface area contributed by atoms with E-state index >= 15 is 0 Å². The number of β-amino-alcohol motifs (C(OH)–C–C–N with tert-alkyl or cyclic N) is 2. The van der Waals surface area contributed by atoms with Crippen molar-refractivity contribution in [2.45, 2.75) is 44.8 Å². The van der Waals surface area contributed by atoms with Crippen LogP contribution >= 0.6 is 0 Å². The van der Waals surface area contributed by atoms with Gasteiger partial charge in [-0.3, -0.25) is 4.90 Å². The van der Waals surface area contributed by atoms with Gasteiger partial charge >= 0.3 is 0 Å². The number of piperidine rings is 1. The standard InChI is InChI=1S/C10H21NO2/c1-3-9(12)7-11-6-4-5-10(2,13)8-11/h9,12-13H,3-8H2,1-2H3/t9-,10?/m0/s1. The Balaban J connectivity index is 2.34. The number of hydrogen-bond donors (Lipinski definition) is 2. The van der Waals surface area contributed by atoms with Crippen molar-refractivity contribution in [2.24, 2.45) is 0 Å². The van der Waals surface area contributed by atoms with E-state index in [1.807, 2.05) is 13.8 Å². The van der Waals surface area contributed by atoms with E-state index in [1.54, 1.807) is 0 Å². The molecule has 0 aliphatic carbocycles. The molecule has 3 nitrogen and oxygen atoms in total. The van der Waals surface area contributed by atoms with Crippen LogP contribution in [-0.4, -0.2) is 46.5 Å². The molecule has 13 heavy (non-hydrogen) atoms. The van der Waals surface area contributed by atoms with E-state index in [0.717, 1.165) is 25.8 Å². The van der Waals surface area contributed by atoms with Gasteiger partial charge < -0.3 is 10.2 Å². The molecular weight excluding hydrogens is 166 g/mol. The highest BCUT2D eigenvalue weighted by molar-refractivity contribution is 4.83. The molecule has 2 atom stereocenters. The van der Waals surface area contributed by atoms with Gasteiger partial charge in [0.1, 0.15) is 0 Å². The number of likely N-dealkylation sites (tertiary alicyclic amines) is 1. The van der Waals surface area contributed by atoms with Gasteiger partial charge in [-0.2, -0.15) is 0 Å². The molecule has 2 N–H and O–H groups in total. The van der Waals surface area contributed by atoms with Crippen LogP contribution in [0.4, 0.5) is 0 Å². The highest BCUT2D eigenvalue weighted by Crippen LogP contribution is 2.20. The lowest BCUT2D eigenvalue weighted by Crippen LogP contribution is -2.48. The van der Waals surface area contributed by atoms with Crippen molar-refractivity contribution in [3.05, 3.63) is 0 Å². The first-order valence-corrected chi connectivity index (χ1v) is 5.16. The fourth-order valence-corrected chi connectivity index (χ4v) is 1.91. The monoisotopic (exact) mass is 187 g/mol. The SMILES string of the molecule is CC[C@H](O)CN1CCCC(C)(O)C1. The predicted molar refractivity (Wildman–Crippen MR) is 52.6 cm³/mol. The van der Waals surface area contributed by atoms with E-state index in [9.17, 15) is 10.2 Å². The zero-order valence-electron chi connectivity index (χ0n) is 8.66. The second-order valence-corrected chi connectivity index (χ2v) is 4.40. The summed E-state index contributed by atoms with van der Waals surface area (Å²) in [6.45, 7) is 6.26. The van der Waals surface area contributed by atoms with Crippen LogP contribution in [0.2, 0.25) is 0 Å². The van der Waals surface area contributed by atoms with E-state index in [0.29, 0.717) is 13.1 Å². The highest BCUT2D eigenvalue weighted by Gasteiger charge is 2.28. The van der Waals surface area contributed by atoms with Crippen LogP contribution in [0.3, 0.4) is 0 Å². The molecular formula is C10H21NO2. The molecule has 0 bridgehead atoms. The predicted octanol–water partition coefficient (Wildman–Crippen LogP) is 0.604. The molecule has 0 spiro atoms. The molecule has 0 amide bonds. The largest absolute Gasteiger partial charge is 0.392 e. The van der Waals surface area contributed by atoms with Crippen LogP contribution in [0, 0.1) is 0 Å². The molecule has 3 heteroatoms. The van der Waals surface area contributed by atoms with Gasteiger partial charge in [-0.1, -0.05) is 6.92 Å². The Morgan fingerprint density at radius 3 is 2.77 bits per heavy atom. The maximum absolute atomic E-state index is 9.81. The Morgan fingerprint density at radius 1 is 1.54 bits per heavy atom. The maximum Gasteiger partial charge on any atom is 0.0746 e. The number of nitrogens with zero attached hydrogens (tertiary/aromatic N) is 1. The van der Waals surface area contributed by atoms with E-state index in [4.69, 9.17) is 0 Å². The summed E-state index contributed by atoms with van der Waals surface area (Å²) < 4.78 is 0. The molecule has 0 aromatic rings. The topological polar surface area (TPSA) is 43.7 Å². The molecule has 1 aliphatic heterocycles. The molecule has 1 aliphatic rings. The minimum Gasteiger partial charge on any atom is -0.392 e. The third kappa shape index (κ3) is 3.63. The van der Waals surface area contributed by atoms with Gasteiger partial charge in [-0.25, -0.2) is 0 Å². The third-order valence-electron chi connectivity index (χ3n) is 2.69. The lowest BCUT2D eigenvalue weighted by atomic mass is 9.95. The fraction of sp³-hybridized carbons (Fsp3) is 1.00. The van der Waals surface area contributed by atoms with Crippen LogP contribution in [0.5, 0.6) is 0 Å². The molecule has 0 saturated carbocycles. The summed E-state index contributed by atoms with van der Waals surface area (Å²) >= 11 is 0. The highest BCUT2D eigenvalue weighted by atomic mass is 16.3. The van der Waals surface area contributed by atoms with Gasteiger partial charge in [-0.05, 0) is 32.7 Å². The smallest absolute Gasteiger partial charge is 0.0746 e. The Kier molecular flexibility index (Phi) is 3.71. The van der Waals surface area contributed by atoms with Gasteiger partial charge in [-0.15, -0.1) is 0 Å². The molecule has 1 fully saturated rings. The third-order valence-corrected chi connectivity index (χ3v) is 2.69. The van der Waals surface area contributed by atoms with E-state index < -0.39 is 5.60 Å². The van der Waals surface area contributed by atoms with Gasteiger partial charge in [0, 0.05) is 13.1 Å². The molecule has 0 aromatic carbocycles.